The topological polar surface area (TPSA) is 243 Å². The van der Waals surface area contributed by atoms with E-state index in [2.05, 4.69) is 29.6 Å². The van der Waals surface area contributed by atoms with Crippen molar-refractivity contribution in [3.05, 3.63) is 35.6 Å². The molecule has 1 saturated heterocycles. The monoisotopic (exact) mass is 650 g/mol. The first kappa shape index (κ1) is 31.8. The molecular weight excluding hydrogens is 623 g/mol. The van der Waals surface area contributed by atoms with Gasteiger partial charge in [-0.1, -0.05) is 11.6 Å². The van der Waals surface area contributed by atoms with Crippen LogP contribution in [-0.2, 0) is 33.4 Å². The normalized spacial score (nSPS) is 23.9. The summed E-state index contributed by atoms with van der Waals surface area (Å²) in [6.45, 7) is 0.608. The second-order valence-corrected chi connectivity index (χ2v) is 13.1. The number of nitrogens with one attached hydrogen (secondary N) is 2. The molecule has 3 unspecified atom stereocenters. The summed E-state index contributed by atoms with van der Waals surface area (Å²) in [5.74, 6) is -1.08. The Morgan fingerprint density at radius 2 is 2.00 bits per heavy atom. The Balaban J connectivity index is 1.66. The van der Waals surface area contributed by atoms with Gasteiger partial charge in [-0.3, -0.25) is 18.9 Å². The van der Waals surface area contributed by atoms with E-state index in [1.807, 2.05) is 0 Å². The van der Waals surface area contributed by atoms with Gasteiger partial charge in [-0.05, 0) is 31.2 Å². The molecule has 0 radical (unpaired) electrons. The van der Waals surface area contributed by atoms with Crippen LogP contribution in [0.15, 0.2) is 30.6 Å². The molecule has 1 aliphatic rings. The summed E-state index contributed by atoms with van der Waals surface area (Å²) in [5, 5.41) is 26.0. The molecular formula is C21H28ClN8O10PS. The van der Waals surface area contributed by atoms with Crippen LogP contribution in [0.3, 0.4) is 0 Å². The second kappa shape index (κ2) is 11.9. The van der Waals surface area contributed by atoms with Gasteiger partial charge in [0, 0.05) is 12.1 Å². The second-order valence-electron chi connectivity index (χ2n) is 9.24. The quantitative estimate of drug-likeness (QED) is 0.103. The molecule has 0 bridgehead atoms. The summed E-state index contributed by atoms with van der Waals surface area (Å²) in [5.41, 5.74) is 3.78. The number of hydrogen-bond acceptors (Lipinski definition) is 15. The van der Waals surface area contributed by atoms with Gasteiger partial charge in [-0.15, -0.1) is 4.83 Å². The molecule has 230 valence electrons. The average molecular weight is 651 g/mol. The summed E-state index contributed by atoms with van der Waals surface area (Å²) in [4.78, 5) is 26.3. The van der Waals surface area contributed by atoms with E-state index >= 15 is 0 Å². The van der Waals surface area contributed by atoms with Gasteiger partial charge in [0.25, 0.3) is 0 Å². The average Bonchev–Trinajstić information content (AvgIpc) is 3.40. The van der Waals surface area contributed by atoms with Crippen LogP contribution in [0.4, 0.5) is 11.8 Å². The van der Waals surface area contributed by atoms with E-state index in [-0.39, 0.29) is 28.7 Å². The number of sulfonamides is 1. The van der Waals surface area contributed by atoms with Gasteiger partial charge in [0.15, 0.2) is 23.2 Å². The maximum absolute atomic E-state index is 13.7. The highest BCUT2D eigenvalue weighted by Gasteiger charge is 2.56. The number of carbonyl (C=O) groups excluding carboxylic acids is 1. The van der Waals surface area contributed by atoms with Crippen LogP contribution in [0.5, 0.6) is 5.75 Å². The lowest BCUT2D eigenvalue weighted by Crippen LogP contribution is -2.44. The minimum atomic E-state index is -4.50. The molecule has 2 aromatic heterocycles. The van der Waals surface area contributed by atoms with Gasteiger partial charge in [-0.2, -0.15) is 9.97 Å². The van der Waals surface area contributed by atoms with E-state index in [9.17, 15) is 28.0 Å². The number of methoxy groups -OCH3 is 1. The Morgan fingerprint density at radius 3 is 2.62 bits per heavy atom. The SMILES string of the molecule is COC(=O)CNP(=O)(Oc1ccc(Cl)cc1)OC1O[C@@H](n2cnc3c(N(C)NS(C)(=O)=O)nc(N)nc32)[C@](C)(O)C1O. The number of anilines is 2. The Hall–Kier alpha value is -3.13. The number of hydrogen-bond donors (Lipinski definition) is 5. The van der Waals surface area contributed by atoms with Crippen molar-refractivity contribution in [2.24, 2.45) is 0 Å². The molecule has 1 aromatic carbocycles. The number of fused-ring (bicyclic) bond motifs is 1. The predicted molar refractivity (Wildman–Crippen MR) is 147 cm³/mol. The largest absolute Gasteiger partial charge is 0.468 e. The third-order valence-corrected chi connectivity index (χ3v) is 8.18. The molecule has 0 saturated carbocycles. The molecule has 4 rings (SSSR count). The number of nitrogens with zero attached hydrogens (tertiary/aromatic N) is 5. The lowest BCUT2D eigenvalue weighted by atomic mass is 9.99. The molecule has 42 heavy (non-hydrogen) atoms. The van der Waals surface area contributed by atoms with Crippen LogP contribution >= 0.6 is 19.3 Å². The smallest absolute Gasteiger partial charge is 0.461 e. The zero-order valence-corrected chi connectivity index (χ0v) is 25.0. The van der Waals surface area contributed by atoms with Crippen LogP contribution in [0.2, 0.25) is 5.02 Å². The van der Waals surface area contributed by atoms with Gasteiger partial charge in [0.05, 0.1) is 19.7 Å². The molecule has 0 aliphatic carbocycles. The first-order chi connectivity index (χ1) is 19.5. The molecule has 6 N–H and O–H groups in total. The number of aromatic nitrogens is 4. The molecule has 1 fully saturated rings. The molecule has 3 heterocycles. The van der Waals surface area contributed by atoms with Crippen molar-refractivity contribution in [2.45, 2.75) is 31.1 Å². The zero-order chi connectivity index (χ0) is 31.0. The Bertz CT molecular complexity index is 1620. The molecule has 3 aromatic rings. The number of aliphatic hydroxyl groups excluding tert-OH is 1. The lowest BCUT2D eigenvalue weighted by Gasteiger charge is -2.27. The van der Waals surface area contributed by atoms with E-state index in [1.54, 1.807) is 0 Å². The summed E-state index contributed by atoms with van der Waals surface area (Å²) < 4.78 is 59.7. The van der Waals surface area contributed by atoms with E-state index < -0.39 is 54.5 Å². The van der Waals surface area contributed by atoms with Gasteiger partial charge in [0.1, 0.15) is 24.0 Å². The van der Waals surface area contributed by atoms with Crippen molar-refractivity contribution in [1.82, 2.24) is 29.4 Å². The van der Waals surface area contributed by atoms with Crippen molar-refractivity contribution in [1.29, 1.82) is 0 Å². The number of hydrazine groups is 1. The molecule has 0 spiro atoms. The third kappa shape index (κ3) is 6.91. The van der Waals surface area contributed by atoms with Gasteiger partial charge in [-0.25, -0.2) is 23.1 Å². The molecule has 18 nitrogen and oxygen atoms in total. The predicted octanol–water partition coefficient (Wildman–Crippen LogP) is -0.105. The van der Waals surface area contributed by atoms with Crippen LogP contribution in [0.25, 0.3) is 11.2 Å². The fourth-order valence-corrected chi connectivity index (χ4v) is 5.95. The Kier molecular flexibility index (Phi) is 8.98. The highest BCUT2D eigenvalue weighted by atomic mass is 35.5. The van der Waals surface area contributed by atoms with E-state index in [0.717, 1.165) is 18.4 Å². The van der Waals surface area contributed by atoms with Crippen LogP contribution in [0.1, 0.15) is 13.2 Å². The number of nitrogens with two attached hydrogens (primary N) is 1. The van der Waals surface area contributed by atoms with E-state index in [1.165, 1.54) is 49.1 Å². The van der Waals surface area contributed by atoms with Crippen molar-refractivity contribution < 1.29 is 46.5 Å². The van der Waals surface area contributed by atoms with Crippen molar-refractivity contribution in [3.8, 4) is 5.75 Å². The standard InChI is InChI=1S/C21H28ClN8O10PS/c1-21(33)15(32)18(40-41(34,25-9-13(31)37-3)39-12-7-5-11(22)6-8-12)38-19(21)30-10-24-14-16(26-20(23)27-17(14)30)29(2)28-42(4,35)36/h5-8,10,15,18-19,28,32-33H,9H2,1-4H3,(H,25,34)(H2,23,26,27)/t15?,18?,19-,21-,41?/m1/s1. The Labute approximate surface area is 244 Å². The van der Waals surface area contributed by atoms with Gasteiger partial charge in [0.2, 0.25) is 22.3 Å². The van der Waals surface area contributed by atoms with Crippen molar-refractivity contribution in [3.63, 3.8) is 0 Å². The minimum Gasteiger partial charge on any atom is -0.468 e. The number of halogens is 1. The maximum atomic E-state index is 13.7. The lowest BCUT2D eigenvalue weighted by molar-refractivity contribution is -0.140. The number of imidazole rings is 1. The van der Waals surface area contributed by atoms with E-state index in [0.29, 0.717) is 5.02 Å². The molecule has 1 aliphatic heterocycles. The number of benzene rings is 1. The summed E-state index contributed by atoms with van der Waals surface area (Å²) in [7, 11) is -5.73. The van der Waals surface area contributed by atoms with Crippen molar-refractivity contribution in [2.75, 3.05) is 37.7 Å². The summed E-state index contributed by atoms with van der Waals surface area (Å²) >= 11 is 5.89. The molecule has 0 amide bonds. The van der Waals surface area contributed by atoms with Gasteiger partial charge >= 0.3 is 13.7 Å². The van der Waals surface area contributed by atoms with Gasteiger partial charge < -0.3 is 29.9 Å². The minimum absolute atomic E-state index is 0.0119. The summed E-state index contributed by atoms with van der Waals surface area (Å²) in [6, 6.07) is 5.69. The number of carbonyl (C=O) groups is 1. The number of esters is 1. The zero-order valence-electron chi connectivity index (χ0n) is 22.5. The first-order valence-corrected chi connectivity index (χ1v) is 15.7. The fraction of sp³-hybridized carbons (Fsp3) is 0.429. The molecule has 5 atom stereocenters. The summed E-state index contributed by atoms with van der Waals surface area (Å²) in [6.07, 6.45) is -2.98. The number of rotatable bonds is 11. The number of nitrogen functional groups attached to an aromatic ring is 1. The van der Waals surface area contributed by atoms with Crippen molar-refractivity contribution >= 4 is 58.3 Å². The first-order valence-electron chi connectivity index (χ1n) is 11.9. The Morgan fingerprint density at radius 1 is 1.33 bits per heavy atom. The number of ether oxygens (including phenoxy) is 2. The number of aliphatic hydroxyl groups is 2. The van der Waals surface area contributed by atoms with Crippen LogP contribution in [0, 0.1) is 0 Å². The van der Waals surface area contributed by atoms with E-state index in [4.69, 9.17) is 31.1 Å². The fourth-order valence-electron chi connectivity index (χ4n) is 3.90. The van der Waals surface area contributed by atoms with Crippen LogP contribution in [-0.4, -0.2) is 89.1 Å². The molecule has 21 heteroatoms. The maximum Gasteiger partial charge on any atom is 0.461 e. The third-order valence-electron chi connectivity index (χ3n) is 5.84. The highest BCUT2D eigenvalue weighted by molar-refractivity contribution is 7.88. The van der Waals surface area contributed by atoms with Crippen LogP contribution < -0.4 is 25.2 Å². The highest BCUT2D eigenvalue weighted by Crippen LogP contribution is 2.50.